The van der Waals surface area contributed by atoms with Crippen molar-refractivity contribution in [2.24, 2.45) is 0 Å². The number of hydrogen-bond acceptors (Lipinski definition) is 3. The molecule has 0 aliphatic carbocycles. The van der Waals surface area contributed by atoms with Crippen molar-refractivity contribution in [2.75, 3.05) is 0 Å². The van der Waals surface area contributed by atoms with Crippen LogP contribution < -0.4 is 5.43 Å². The molecule has 0 atom stereocenters. The lowest BCUT2D eigenvalue weighted by atomic mass is 10.1. The van der Waals surface area contributed by atoms with E-state index in [0.717, 1.165) is 5.56 Å². The van der Waals surface area contributed by atoms with Gasteiger partial charge in [0.05, 0.1) is 10.9 Å². The Hall–Kier alpha value is -2.55. The van der Waals surface area contributed by atoms with Crippen molar-refractivity contribution in [3.63, 3.8) is 0 Å². The van der Waals surface area contributed by atoms with Crippen molar-refractivity contribution < 1.29 is 9.52 Å². The molecule has 3 rings (SSSR count). The first kappa shape index (κ1) is 10.6. The topological polar surface area (TPSA) is 50.4 Å². The average molecular weight is 238 g/mol. The highest BCUT2D eigenvalue weighted by Crippen LogP contribution is 2.21. The number of rotatable bonds is 1. The molecule has 1 heterocycles. The van der Waals surface area contributed by atoms with Crippen LogP contribution >= 0.6 is 0 Å². The van der Waals surface area contributed by atoms with Crippen molar-refractivity contribution >= 4 is 11.0 Å². The third-order valence-electron chi connectivity index (χ3n) is 2.86. The maximum atomic E-state index is 12.3. The first-order chi connectivity index (χ1) is 8.75. The lowest BCUT2D eigenvalue weighted by Gasteiger charge is -2.02. The van der Waals surface area contributed by atoms with Gasteiger partial charge in [0.2, 0.25) is 0 Å². The molecular weight excluding hydrogens is 228 g/mol. The number of phenols is 1. The maximum Gasteiger partial charge on any atom is 0.200 e. The van der Waals surface area contributed by atoms with Gasteiger partial charge in [0, 0.05) is 0 Å². The fourth-order valence-electron chi connectivity index (χ4n) is 1.92. The summed E-state index contributed by atoms with van der Waals surface area (Å²) in [6.07, 6.45) is 1.46. The summed E-state index contributed by atoms with van der Waals surface area (Å²) in [6, 6.07) is 13.6. The summed E-state index contributed by atoms with van der Waals surface area (Å²) in [6.45, 7) is 0. The molecule has 0 saturated heterocycles. The Balaban J connectivity index is 2.27. The standard InChI is InChI=1S/C15H10O3/c16-11-7-5-10(6-8-11)13-9-18-14-4-2-1-3-12(14)15(13)17/h1-9,16H. The minimum atomic E-state index is -0.0671. The molecule has 0 radical (unpaired) electrons. The summed E-state index contributed by atoms with van der Waals surface area (Å²) >= 11 is 0. The van der Waals surface area contributed by atoms with E-state index in [0.29, 0.717) is 16.5 Å². The van der Waals surface area contributed by atoms with E-state index in [9.17, 15) is 9.90 Å². The smallest absolute Gasteiger partial charge is 0.200 e. The third-order valence-corrected chi connectivity index (χ3v) is 2.86. The van der Waals surface area contributed by atoms with Crippen LogP contribution in [0.3, 0.4) is 0 Å². The molecule has 3 nitrogen and oxygen atoms in total. The second-order valence-electron chi connectivity index (χ2n) is 4.02. The molecule has 88 valence electrons. The molecule has 0 saturated carbocycles. The Morgan fingerprint density at radius 3 is 2.44 bits per heavy atom. The van der Waals surface area contributed by atoms with E-state index in [2.05, 4.69) is 0 Å². The Morgan fingerprint density at radius 2 is 1.67 bits per heavy atom. The van der Waals surface area contributed by atoms with Gasteiger partial charge in [-0.25, -0.2) is 0 Å². The van der Waals surface area contributed by atoms with Crippen LogP contribution in [0.4, 0.5) is 0 Å². The van der Waals surface area contributed by atoms with Crippen LogP contribution in [0.5, 0.6) is 5.75 Å². The maximum absolute atomic E-state index is 12.3. The molecule has 0 bridgehead atoms. The molecule has 0 fully saturated rings. The SMILES string of the molecule is O=c1c(-c2ccc(O)cc2)coc2ccccc12. The first-order valence-corrected chi connectivity index (χ1v) is 5.55. The van der Waals surface area contributed by atoms with Crippen molar-refractivity contribution in [1.82, 2.24) is 0 Å². The second-order valence-corrected chi connectivity index (χ2v) is 4.02. The molecule has 1 aromatic heterocycles. The highest BCUT2D eigenvalue weighted by Gasteiger charge is 2.08. The Labute approximate surface area is 103 Å². The summed E-state index contributed by atoms with van der Waals surface area (Å²) in [7, 11) is 0. The summed E-state index contributed by atoms with van der Waals surface area (Å²) in [5.41, 5.74) is 1.73. The van der Waals surface area contributed by atoms with Crippen molar-refractivity contribution in [3.8, 4) is 16.9 Å². The van der Waals surface area contributed by atoms with Gasteiger partial charge in [-0.05, 0) is 29.8 Å². The second kappa shape index (κ2) is 4.04. The number of benzene rings is 2. The van der Waals surface area contributed by atoms with E-state index in [4.69, 9.17) is 4.42 Å². The predicted molar refractivity (Wildman–Crippen MR) is 69.6 cm³/mol. The van der Waals surface area contributed by atoms with Gasteiger partial charge in [0.15, 0.2) is 5.43 Å². The summed E-state index contributed by atoms with van der Waals surface area (Å²) in [4.78, 5) is 12.3. The van der Waals surface area contributed by atoms with Gasteiger partial charge in [-0.3, -0.25) is 4.79 Å². The molecule has 0 aliphatic heterocycles. The van der Waals surface area contributed by atoms with Crippen LogP contribution in [-0.4, -0.2) is 5.11 Å². The van der Waals surface area contributed by atoms with Crippen LogP contribution in [0.15, 0.2) is 64.0 Å². The Kier molecular flexibility index (Phi) is 2.38. The number of aromatic hydroxyl groups is 1. The van der Waals surface area contributed by atoms with E-state index >= 15 is 0 Å². The van der Waals surface area contributed by atoms with Gasteiger partial charge in [-0.2, -0.15) is 0 Å². The zero-order valence-corrected chi connectivity index (χ0v) is 9.46. The van der Waals surface area contributed by atoms with E-state index in [-0.39, 0.29) is 11.2 Å². The molecule has 0 aliphatic rings. The van der Waals surface area contributed by atoms with E-state index < -0.39 is 0 Å². The van der Waals surface area contributed by atoms with Gasteiger partial charge in [0.25, 0.3) is 0 Å². The van der Waals surface area contributed by atoms with Gasteiger partial charge in [0.1, 0.15) is 17.6 Å². The molecule has 0 unspecified atom stereocenters. The van der Waals surface area contributed by atoms with Crippen LogP contribution in [-0.2, 0) is 0 Å². The average Bonchev–Trinajstić information content (AvgIpc) is 2.41. The zero-order chi connectivity index (χ0) is 12.5. The molecule has 1 N–H and O–H groups in total. The van der Waals surface area contributed by atoms with E-state index in [1.165, 1.54) is 6.26 Å². The molecule has 3 aromatic rings. The summed E-state index contributed by atoms with van der Waals surface area (Å²) in [5.74, 6) is 0.170. The molecule has 3 heteroatoms. The number of phenolic OH excluding ortho intramolecular Hbond substituents is 1. The monoisotopic (exact) mass is 238 g/mol. The fourth-order valence-corrected chi connectivity index (χ4v) is 1.92. The minimum absolute atomic E-state index is 0.0671. The zero-order valence-electron chi connectivity index (χ0n) is 9.46. The molecule has 18 heavy (non-hydrogen) atoms. The number of hydrogen-bond donors (Lipinski definition) is 1. The van der Waals surface area contributed by atoms with Gasteiger partial charge in [-0.1, -0.05) is 24.3 Å². The molecule has 0 spiro atoms. The predicted octanol–water partition coefficient (Wildman–Crippen LogP) is 3.17. The molecule has 2 aromatic carbocycles. The molecule has 0 amide bonds. The highest BCUT2D eigenvalue weighted by molar-refractivity contribution is 5.81. The third kappa shape index (κ3) is 1.66. The lowest BCUT2D eigenvalue weighted by Crippen LogP contribution is -2.04. The van der Waals surface area contributed by atoms with E-state index in [1.54, 1.807) is 42.5 Å². The van der Waals surface area contributed by atoms with Crippen LogP contribution in [0.2, 0.25) is 0 Å². The number of fused-ring (bicyclic) bond motifs is 1. The highest BCUT2D eigenvalue weighted by atomic mass is 16.3. The molecular formula is C15H10O3. The summed E-state index contributed by atoms with van der Waals surface area (Å²) in [5, 5.41) is 9.80. The van der Waals surface area contributed by atoms with Gasteiger partial charge < -0.3 is 9.52 Å². The summed E-state index contributed by atoms with van der Waals surface area (Å²) < 4.78 is 5.45. The van der Waals surface area contributed by atoms with Crippen LogP contribution in [0, 0.1) is 0 Å². The van der Waals surface area contributed by atoms with Crippen molar-refractivity contribution in [2.45, 2.75) is 0 Å². The van der Waals surface area contributed by atoms with Gasteiger partial charge >= 0.3 is 0 Å². The van der Waals surface area contributed by atoms with Crippen molar-refractivity contribution in [1.29, 1.82) is 0 Å². The van der Waals surface area contributed by atoms with Crippen LogP contribution in [0.25, 0.3) is 22.1 Å². The van der Waals surface area contributed by atoms with Crippen LogP contribution in [0.1, 0.15) is 0 Å². The number of para-hydroxylation sites is 1. The fraction of sp³-hybridized carbons (Fsp3) is 0. The first-order valence-electron chi connectivity index (χ1n) is 5.55. The largest absolute Gasteiger partial charge is 0.508 e. The van der Waals surface area contributed by atoms with E-state index in [1.807, 2.05) is 6.07 Å². The normalized spacial score (nSPS) is 10.7. The van der Waals surface area contributed by atoms with Gasteiger partial charge in [-0.15, -0.1) is 0 Å². The minimum Gasteiger partial charge on any atom is -0.508 e. The Morgan fingerprint density at radius 1 is 0.944 bits per heavy atom. The van der Waals surface area contributed by atoms with Crippen molar-refractivity contribution in [3.05, 3.63) is 65.0 Å². The lowest BCUT2D eigenvalue weighted by molar-refractivity contribution is 0.475. The Bertz CT molecular complexity index is 755. The quantitative estimate of drug-likeness (QED) is 0.708.